The third-order valence-corrected chi connectivity index (χ3v) is 8.68. The van der Waals surface area contributed by atoms with Crippen LogP contribution in [0.5, 0.6) is 23.0 Å². The van der Waals surface area contributed by atoms with Crippen molar-refractivity contribution in [1.29, 1.82) is 5.26 Å². The van der Waals surface area contributed by atoms with Crippen molar-refractivity contribution in [2.75, 3.05) is 19.8 Å². The van der Waals surface area contributed by atoms with Gasteiger partial charge < -0.3 is 24.1 Å². The quantitative estimate of drug-likeness (QED) is 0.200. The van der Waals surface area contributed by atoms with Gasteiger partial charge in [-0.2, -0.15) is 5.26 Å². The number of hydrogen-bond acceptors (Lipinski definition) is 8. The maximum atomic E-state index is 12.0. The van der Waals surface area contributed by atoms with Crippen molar-refractivity contribution >= 4 is 17.6 Å². The minimum Gasteiger partial charge on any atom is -0.488 e. The molecule has 0 saturated carbocycles. The Bertz CT molecular complexity index is 1810. The van der Waals surface area contributed by atoms with Crippen molar-refractivity contribution in [3.05, 3.63) is 99.8 Å². The summed E-state index contributed by atoms with van der Waals surface area (Å²) in [7, 11) is 0. The molecule has 0 aliphatic carbocycles. The molecular weight excluding hydrogens is 606 g/mol. The van der Waals surface area contributed by atoms with Crippen LogP contribution in [0.3, 0.4) is 0 Å². The van der Waals surface area contributed by atoms with Crippen LogP contribution in [0.1, 0.15) is 41.2 Å². The van der Waals surface area contributed by atoms with Crippen LogP contribution in [0, 0.1) is 24.2 Å². The molecule has 236 valence electrons. The fraction of sp³-hybridized carbons (Fsp3) is 0.306. The number of fused-ring (bicyclic) bond motifs is 1. The van der Waals surface area contributed by atoms with Crippen LogP contribution in [-0.2, 0) is 24.6 Å². The van der Waals surface area contributed by atoms with E-state index in [0.717, 1.165) is 44.9 Å². The largest absolute Gasteiger partial charge is 0.488 e. The fourth-order valence-corrected chi connectivity index (χ4v) is 6.28. The molecule has 1 aromatic heterocycles. The highest BCUT2D eigenvalue weighted by Gasteiger charge is 2.35. The molecule has 0 amide bonds. The Morgan fingerprint density at radius 1 is 1.04 bits per heavy atom. The Morgan fingerprint density at radius 2 is 1.85 bits per heavy atom. The summed E-state index contributed by atoms with van der Waals surface area (Å²) in [5, 5.41) is 19.5. The summed E-state index contributed by atoms with van der Waals surface area (Å²) in [5.74, 6) is 1.85. The Hall–Kier alpha value is -4.78. The maximum absolute atomic E-state index is 12.0. The number of halogens is 1. The van der Waals surface area contributed by atoms with E-state index < -0.39 is 12.0 Å². The lowest BCUT2D eigenvalue weighted by atomic mass is 9.96. The van der Waals surface area contributed by atoms with Crippen LogP contribution in [0.4, 0.5) is 0 Å². The van der Waals surface area contributed by atoms with E-state index in [1.807, 2.05) is 35.2 Å². The van der Waals surface area contributed by atoms with Crippen molar-refractivity contribution in [3.8, 4) is 40.2 Å². The predicted molar refractivity (Wildman–Crippen MR) is 172 cm³/mol. The van der Waals surface area contributed by atoms with Crippen LogP contribution in [-0.4, -0.2) is 46.8 Å². The van der Waals surface area contributed by atoms with E-state index in [9.17, 15) is 15.2 Å². The number of ether oxygens (including phenoxy) is 4. The lowest BCUT2D eigenvalue weighted by molar-refractivity contribution is -0.142. The van der Waals surface area contributed by atoms with Gasteiger partial charge >= 0.3 is 5.97 Å². The number of aliphatic carboxylic acids is 1. The highest BCUT2D eigenvalue weighted by Crippen LogP contribution is 2.38. The first-order valence-electron chi connectivity index (χ1n) is 15.2. The van der Waals surface area contributed by atoms with Gasteiger partial charge in [-0.25, -0.2) is 0 Å². The second-order valence-electron chi connectivity index (χ2n) is 11.7. The molecule has 1 N–H and O–H groups in total. The van der Waals surface area contributed by atoms with Crippen molar-refractivity contribution in [2.24, 2.45) is 5.92 Å². The number of carbonyl (C=O) groups is 1. The first-order chi connectivity index (χ1) is 22.3. The Balaban J connectivity index is 1.25. The monoisotopic (exact) mass is 639 g/mol. The number of rotatable bonds is 10. The van der Waals surface area contributed by atoms with Crippen LogP contribution < -0.4 is 18.9 Å². The summed E-state index contributed by atoms with van der Waals surface area (Å²) in [5.41, 5.74) is 6.05. The average Bonchev–Trinajstić information content (AvgIpc) is 3.44. The highest BCUT2D eigenvalue weighted by molar-refractivity contribution is 6.32. The molecule has 6 rings (SSSR count). The number of carboxylic acids is 1. The average molecular weight is 640 g/mol. The summed E-state index contributed by atoms with van der Waals surface area (Å²) in [6.45, 7) is 6.60. The Labute approximate surface area is 272 Å². The molecule has 4 aromatic rings. The van der Waals surface area contributed by atoms with E-state index in [1.165, 1.54) is 6.20 Å². The summed E-state index contributed by atoms with van der Waals surface area (Å²) in [4.78, 5) is 18.1. The highest BCUT2D eigenvalue weighted by atomic mass is 35.5. The van der Waals surface area contributed by atoms with E-state index in [0.29, 0.717) is 54.8 Å². The molecule has 0 radical (unpaired) electrons. The third kappa shape index (κ3) is 6.89. The Kier molecular flexibility index (Phi) is 9.29. The predicted octanol–water partition coefficient (Wildman–Crippen LogP) is 6.81. The number of aromatic nitrogens is 1. The van der Waals surface area contributed by atoms with Gasteiger partial charge in [0, 0.05) is 42.7 Å². The second-order valence-corrected chi connectivity index (χ2v) is 12.1. The lowest BCUT2D eigenvalue weighted by Gasteiger charge is -2.23. The van der Waals surface area contributed by atoms with Crippen LogP contribution in [0.2, 0.25) is 5.02 Å². The summed E-state index contributed by atoms with van der Waals surface area (Å²) in [6.07, 6.45) is 3.72. The minimum absolute atomic E-state index is 0.159. The number of likely N-dealkylation sites (tertiary alicyclic amines) is 1. The molecular formula is C36H34ClN3O6. The fourth-order valence-electron chi connectivity index (χ4n) is 6.04. The van der Waals surface area contributed by atoms with E-state index in [4.69, 9.17) is 30.5 Å². The molecule has 2 aliphatic rings. The topological polar surface area (TPSA) is 114 Å². The van der Waals surface area contributed by atoms with Crippen molar-refractivity contribution in [2.45, 2.75) is 46.1 Å². The summed E-state index contributed by atoms with van der Waals surface area (Å²) >= 11 is 6.78. The number of hydrogen-bond donors (Lipinski definition) is 1. The van der Waals surface area contributed by atoms with E-state index >= 15 is 0 Å². The van der Waals surface area contributed by atoms with Crippen LogP contribution in [0.25, 0.3) is 11.1 Å². The lowest BCUT2D eigenvalue weighted by Crippen LogP contribution is -2.35. The molecule has 10 heteroatoms. The molecule has 2 aliphatic heterocycles. The summed E-state index contributed by atoms with van der Waals surface area (Å²) < 4.78 is 24.0. The van der Waals surface area contributed by atoms with Gasteiger partial charge in [0.2, 0.25) is 0 Å². The molecule has 9 nitrogen and oxygen atoms in total. The maximum Gasteiger partial charge on any atom is 0.320 e. The number of pyridine rings is 1. The van der Waals surface area contributed by atoms with Crippen LogP contribution in [0.15, 0.2) is 67.0 Å². The van der Waals surface area contributed by atoms with Gasteiger partial charge in [-0.3, -0.25) is 14.7 Å². The van der Waals surface area contributed by atoms with Crippen molar-refractivity contribution < 1.29 is 28.8 Å². The van der Waals surface area contributed by atoms with Gasteiger partial charge in [-0.05, 0) is 65.8 Å². The van der Waals surface area contributed by atoms with Gasteiger partial charge in [0.15, 0.2) is 11.5 Å². The molecule has 3 heterocycles. The normalized spacial score (nSPS) is 17.3. The SMILES string of the molecule is Cc1c(COc2cc(OCc3cncc(C#N)c3)c(CN3C[C@@H](C)C[C@H]3C(=O)O)cc2Cl)cccc1-c1ccc2c(c1)OCCO2. The standard InChI is InChI=1S/C36H34ClN3O6/c1-22-10-31(36(41)42)40(18-22)19-28-12-30(37)34(14-33(28)45-20-25-11-24(15-38)16-39-17-25)46-21-27-4-3-5-29(23(27)2)26-6-7-32-35(13-26)44-9-8-43-32/h3-7,11-14,16-17,22,31H,8-10,18-21H2,1-2H3,(H,41,42)/t22-,31-/m0/s1. The van der Waals surface area contributed by atoms with E-state index in [1.54, 1.807) is 24.4 Å². The number of benzene rings is 3. The van der Waals surface area contributed by atoms with Crippen molar-refractivity contribution in [1.82, 2.24) is 9.88 Å². The van der Waals surface area contributed by atoms with E-state index in [-0.39, 0.29) is 19.1 Å². The molecule has 1 saturated heterocycles. The molecule has 46 heavy (non-hydrogen) atoms. The van der Waals surface area contributed by atoms with Gasteiger partial charge in [0.1, 0.15) is 50.0 Å². The second kappa shape index (κ2) is 13.7. The zero-order valence-corrected chi connectivity index (χ0v) is 26.4. The molecule has 3 aromatic carbocycles. The van der Waals surface area contributed by atoms with E-state index in [2.05, 4.69) is 31.0 Å². The van der Waals surface area contributed by atoms with Gasteiger partial charge in [0.25, 0.3) is 0 Å². The number of nitrogens with zero attached hydrogens (tertiary/aromatic N) is 3. The molecule has 0 spiro atoms. The van der Waals surface area contributed by atoms with Crippen LogP contribution >= 0.6 is 11.6 Å². The zero-order chi connectivity index (χ0) is 32.2. The van der Waals surface area contributed by atoms with Gasteiger partial charge in [0.05, 0.1) is 10.6 Å². The number of nitriles is 1. The Morgan fingerprint density at radius 3 is 2.65 bits per heavy atom. The number of carboxylic acid groups (broad SMARTS) is 1. The summed E-state index contributed by atoms with van der Waals surface area (Å²) in [6, 6.07) is 18.8. The zero-order valence-electron chi connectivity index (χ0n) is 25.7. The first-order valence-corrected chi connectivity index (χ1v) is 15.5. The molecule has 0 unspecified atom stereocenters. The van der Waals surface area contributed by atoms with Crippen molar-refractivity contribution in [3.63, 3.8) is 0 Å². The minimum atomic E-state index is -0.842. The molecule has 1 fully saturated rings. The van der Waals surface area contributed by atoms with Gasteiger partial charge in [-0.15, -0.1) is 0 Å². The smallest absolute Gasteiger partial charge is 0.320 e. The molecule has 2 atom stereocenters. The molecule has 0 bridgehead atoms. The van der Waals surface area contributed by atoms with Gasteiger partial charge in [-0.1, -0.05) is 42.8 Å². The third-order valence-electron chi connectivity index (χ3n) is 8.39. The first kappa shape index (κ1) is 31.2.